The Morgan fingerprint density at radius 2 is 1.85 bits per heavy atom. The van der Waals surface area contributed by atoms with Crippen LogP contribution in [0.15, 0.2) is 37.4 Å². The second-order valence-electron chi connectivity index (χ2n) is 2.32. The quantitative estimate of drug-likeness (QED) is 0.722. The second-order valence-corrected chi connectivity index (χ2v) is 2.32. The highest BCUT2D eigenvalue weighted by atomic mass is 14.6. The van der Waals surface area contributed by atoms with Gasteiger partial charge in [0, 0.05) is 11.3 Å². The number of benzene rings is 1. The summed E-state index contributed by atoms with van der Waals surface area (Å²) in [5, 5.41) is 0. The van der Waals surface area contributed by atoms with Gasteiger partial charge in [-0.3, -0.25) is 0 Å². The lowest BCUT2D eigenvalue weighted by Crippen LogP contribution is -1.95. The van der Waals surface area contributed by atoms with Gasteiger partial charge in [-0.15, -0.1) is 0 Å². The van der Waals surface area contributed by atoms with E-state index in [1.807, 2.05) is 24.3 Å². The minimum atomic E-state index is 0.584. The second kappa shape index (κ2) is 6.03. The van der Waals surface area contributed by atoms with Crippen LogP contribution in [0.1, 0.15) is 11.1 Å². The van der Waals surface area contributed by atoms with Crippen molar-refractivity contribution in [3.63, 3.8) is 0 Å². The van der Waals surface area contributed by atoms with Crippen molar-refractivity contribution in [2.75, 3.05) is 7.05 Å². The Morgan fingerprint density at radius 3 is 2.23 bits per heavy atom. The number of hydrogen-bond donors (Lipinski definition) is 2. The zero-order valence-electron chi connectivity index (χ0n) is 7.96. The standard InChI is InChI=1S/C10H11N.CH5N/c1-3-9-6-4-5-7-10(9)8(2)11;1-2/h3-7H,1-2,11H2;2H2,1H3. The molecule has 0 amide bonds. The summed E-state index contributed by atoms with van der Waals surface area (Å²) >= 11 is 0. The Hall–Kier alpha value is -1.54. The first-order chi connectivity index (χ1) is 6.25. The molecule has 0 atom stereocenters. The minimum Gasteiger partial charge on any atom is -0.399 e. The monoisotopic (exact) mass is 176 g/mol. The third-order valence-electron chi connectivity index (χ3n) is 1.53. The van der Waals surface area contributed by atoms with Crippen LogP contribution in [0.4, 0.5) is 0 Å². The summed E-state index contributed by atoms with van der Waals surface area (Å²) in [7, 11) is 1.50. The predicted octanol–water partition coefficient (Wildman–Crippen LogP) is 1.83. The molecule has 13 heavy (non-hydrogen) atoms. The summed E-state index contributed by atoms with van der Waals surface area (Å²) in [5.74, 6) is 0. The highest BCUT2D eigenvalue weighted by molar-refractivity contribution is 5.70. The molecular weight excluding hydrogens is 160 g/mol. The maximum absolute atomic E-state index is 5.55. The van der Waals surface area contributed by atoms with E-state index in [-0.39, 0.29) is 0 Å². The number of hydrogen-bond acceptors (Lipinski definition) is 2. The molecular formula is C11H16N2. The van der Waals surface area contributed by atoms with E-state index in [0.29, 0.717) is 5.70 Å². The van der Waals surface area contributed by atoms with Gasteiger partial charge in [-0.1, -0.05) is 43.5 Å². The van der Waals surface area contributed by atoms with Crippen LogP contribution < -0.4 is 11.5 Å². The molecule has 2 nitrogen and oxygen atoms in total. The van der Waals surface area contributed by atoms with E-state index in [0.717, 1.165) is 11.1 Å². The van der Waals surface area contributed by atoms with E-state index in [4.69, 9.17) is 5.73 Å². The van der Waals surface area contributed by atoms with Crippen LogP contribution in [-0.2, 0) is 0 Å². The van der Waals surface area contributed by atoms with Crippen LogP contribution >= 0.6 is 0 Å². The van der Waals surface area contributed by atoms with E-state index in [9.17, 15) is 0 Å². The van der Waals surface area contributed by atoms with E-state index < -0.39 is 0 Å². The first kappa shape index (κ1) is 11.5. The van der Waals surface area contributed by atoms with Crippen molar-refractivity contribution in [2.45, 2.75) is 0 Å². The summed E-state index contributed by atoms with van der Waals surface area (Å²) in [6.45, 7) is 7.34. The zero-order chi connectivity index (χ0) is 10.3. The molecule has 0 spiro atoms. The van der Waals surface area contributed by atoms with Crippen molar-refractivity contribution in [2.24, 2.45) is 11.5 Å². The fourth-order valence-electron chi connectivity index (χ4n) is 0.967. The summed E-state index contributed by atoms with van der Waals surface area (Å²) in [6.07, 6.45) is 1.77. The lowest BCUT2D eigenvalue weighted by atomic mass is 10.1. The molecule has 0 aliphatic carbocycles. The lowest BCUT2D eigenvalue weighted by Gasteiger charge is -2.02. The maximum Gasteiger partial charge on any atom is 0.0320 e. The van der Waals surface area contributed by atoms with Gasteiger partial charge >= 0.3 is 0 Å². The van der Waals surface area contributed by atoms with Crippen molar-refractivity contribution in [1.29, 1.82) is 0 Å². The first-order valence-electron chi connectivity index (χ1n) is 3.99. The van der Waals surface area contributed by atoms with E-state index in [1.165, 1.54) is 7.05 Å². The molecule has 1 aromatic rings. The topological polar surface area (TPSA) is 52.0 Å². The fourth-order valence-corrected chi connectivity index (χ4v) is 0.967. The number of nitrogens with two attached hydrogens (primary N) is 2. The van der Waals surface area contributed by atoms with Gasteiger partial charge in [0.25, 0.3) is 0 Å². The molecule has 0 unspecified atom stereocenters. The van der Waals surface area contributed by atoms with Gasteiger partial charge in [0.05, 0.1) is 0 Å². The summed E-state index contributed by atoms with van der Waals surface area (Å²) in [6, 6.07) is 7.77. The first-order valence-corrected chi connectivity index (χ1v) is 3.99. The van der Waals surface area contributed by atoms with Gasteiger partial charge in [0.15, 0.2) is 0 Å². The van der Waals surface area contributed by atoms with Crippen LogP contribution in [0.2, 0.25) is 0 Å². The third-order valence-corrected chi connectivity index (χ3v) is 1.53. The molecule has 0 saturated heterocycles. The normalized spacial score (nSPS) is 8.15. The molecule has 0 aromatic heterocycles. The lowest BCUT2D eigenvalue weighted by molar-refractivity contribution is 1.48. The highest BCUT2D eigenvalue weighted by Gasteiger charge is 1.96. The Labute approximate surface area is 79.6 Å². The Bertz CT molecular complexity index is 290. The Balaban J connectivity index is 0.000000671. The van der Waals surface area contributed by atoms with Crippen molar-refractivity contribution >= 4 is 11.8 Å². The third kappa shape index (κ3) is 3.13. The average Bonchev–Trinajstić information content (AvgIpc) is 2.20. The maximum atomic E-state index is 5.55. The van der Waals surface area contributed by atoms with Crippen molar-refractivity contribution in [3.05, 3.63) is 48.6 Å². The van der Waals surface area contributed by atoms with Gasteiger partial charge in [-0.25, -0.2) is 0 Å². The molecule has 2 heteroatoms. The van der Waals surface area contributed by atoms with Gasteiger partial charge in [-0.05, 0) is 12.6 Å². The Morgan fingerprint density at radius 1 is 1.31 bits per heavy atom. The summed E-state index contributed by atoms with van der Waals surface area (Å²) < 4.78 is 0. The predicted molar refractivity (Wildman–Crippen MR) is 59.9 cm³/mol. The summed E-state index contributed by atoms with van der Waals surface area (Å²) in [4.78, 5) is 0. The average molecular weight is 176 g/mol. The molecule has 0 bridgehead atoms. The molecule has 0 saturated carbocycles. The van der Waals surface area contributed by atoms with Crippen LogP contribution in [0.5, 0.6) is 0 Å². The zero-order valence-corrected chi connectivity index (χ0v) is 7.96. The van der Waals surface area contributed by atoms with E-state index in [1.54, 1.807) is 6.08 Å². The Kier molecular flexibility index (Phi) is 5.32. The van der Waals surface area contributed by atoms with Crippen molar-refractivity contribution in [3.8, 4) is 0 Å². The van der Waals surface area contributed by atoms with Crippen molar-refractivity contribution in [1.82, 2.24) is 0 Å². The molecule has 0 radical (unpaired) electrons. The van der Waals surface area contributed by atoms with Gasteiger partial charge in [0.1, 0.15) is 0 Å². The molecule has 0 heterocycles. The van der Waals surface area contributed by atoms with E-state index in [2.05, 4.69) is 18.9 Å². The van der Waals surface area contributed by atoms with Gasteiger partial charge in [-0.2, -0.15) is 0 Å². The van der Waals surface area contributed by atoms with Crippen LogP contribution in [-0.4, -0.2) is 7.05 Å². The van der Waals surface area contributed by atoms with Crippen LogP contribution in [0, 0.1) is 0 Å². The molecule has 1 rings (SSSR count). The fraction of sp³-hybridized carbons (Fsp3) is 0.0909. The van der Waals surface area contributed by atoms with Gasteiger partial charge in [0.2, 0.25) is 0 Å². The minimum absolute atomic E-state index is 0.584. The molecule has 70 valence electrons. The largest absolute Gasteiger partial charge is 0.399 e. The summed E-state index contributed by atoms with van der Waals surface area (Å²) in [5.41, 5.74) is 12.6. The van der Waals surface area contributed by atoms with Gasteiger partial charge < -0.3 is 11.5 Å². The smallest absolute Gasteiger partial charge is 0.0320 e. The molecule has 1 aromatic carbocycles. The molecule has 0 aliphatic heterocycles. The highest BCUT2D eigenvalue weighted by Crippen LogP contribution is 2.14. The van der Waals surface area contributed by atoms with E-state index >= 15 is 0 Å². The van der Waals surface area contributed by atoms with Crippen LogP contribution in [0.25, 0.3) is 11.8 Å². The van der Waals surface area contributed by atoms with Crippen LogP contribution in [0.3, 0.4) is 0 Å². The SMILES string of the molecule is C=Cc1ccccc1C(=C)N.CN. The number of rotatable bonds is 2. The molecule has 0 aliphatic rings. The molecule has 0 fully saturated rings. The van der Waals surface area contributed by atoms with Crippen molar-refractivity contribution < 1.29 is 0 Å². The molecule has 4 N–H and O–H groups in total.